The van der Waals surface area contributed by atoms with Gasteiger partial charge in [0.1, 0.15) is 18.5 Å². The van der Waals surface area contributed by atoms with Crippen LogP contribution >= 0.6 is 0 Å². The molecule has 29 heavy (non-hydrogen) atoms. The molecule has 0 spiro atoms. The van der Waals surface area contributed by atoms with Crippen molar-refractivity contribution in [1.82, 2.24) is 15.1 Å². The molecule has 1 atom stereocenters. The first-order chi connectivity index (χ1) is 13.4. The summed E-state index contributed by atoms with van der Waals surface area (Å²) in [6.07, 6.45) is -0.695. The van der Waals surface area contributed by atoms with E-state index in [1.165, 1.54) is 0 Å². The number of rotatable bonds is 7. The molecule has 8 heteroatoms. The molecule has 8 nitrogen and oxygen atoms in total. The van der Waals surface area contributed by atoms with Gasteiger partial charge in [-0.15, -0.1) is 0 Å². The van der Waals surface area contributed by atoms with Crippen molar-refractivity contribution in [2.75, 3.05) is 20.3 Å². The summed E-state index contributed by atoms with van der Waals surface area (Å²) in [5.74, 6) is 2.07. The Bertz CT molecular complexity index is 948. The van der Waals surface area contributed by atoms with Crippen molar-refractivity contribution in [1.29, 1.82) is 0 Å². The van der Waals surface area contributed by atoms with Gasteiger partial charge in [-0.2, -0.15) is 4.98 Å². The van der Waals surface area contributed by atoms with Crippen LogP contribution in [0.3, 0.4) is 0 Å². The number of hydrogen-bond acceptors (Lipinski definition) is 8. The molecule has 0 fully saturated rings. The fourth-order valence-corrected chi connectivity index (χ4v) is 2.88. The lowest BCUT2D eigenvalue weighted by Gasteiger charge is -2.15. The van der Waals surface area contributed by atoms with E-state index in [2.05, 4.69) is 15.1 Å². The first-order valence-electron chi connectivity index (χ1n) is 8.90. The molecule has 0 amide bonds. The highest BCUT2D eigenvalue weighted by molar-refractivity contribution is 5.64. The Labute approximate surface area is 170 Å². The maximum atomic E-state index is 9.61. The van der Waals surface area contributed by atoms with Crippen LogP contribution in [-0.2, 0) is 0 Å². The van der Waals surface area contributed by atoms with E-state index in [1.807, 2.05) is 39.0 Å². The number of aliphatic hydroxyl groups is 1. The number of methoxy groups -OCH3 is 1. The molecule has 3 rings (SSSR count). The third kappa shape index (κ3) is 5.10. The summed E-state index contributed by atoms with van der Waals surface area (Å²) < 4.78 is 16.4. The molecule has 0 radical (unpaired) electrons. The SMILES string of the molecule is C.COc1cc(-c2nc(-c3cc(C)c(OCC(O)CN)c(C)c3)no2)cc(C)n1. The maximum absolute atomic E-state index is 9.61. The number of ether oxygens (including phenoxy) is 2. The third-order valence-corrected chi connectivity index (χ3v) is 4.22. The summed E-state index contributed by atoms with van der Waals surface area (Å²) in [5, 5.41) is 13.7. The minimum Gasteiger partial charge on any atom is -0.490 e. The first-order valence-corrected chi connectivity index (χ1v) is 8.90. The van der Waals surface area contributed by atoms with Crippen molar-refractivity contribution in [3.63, 3.8) is 0 Å². The van der Waals surface area contributed by atoms with Crippen LogP contribution in [0, 0.1) is 20.8 Å². The molecule has 1 unspecified atom stereocenters. The molecule has 0 saturated carbocycles. The molecular weight excluding hydrogens is 372 g/mol. The van der Waals surface area contributed by atoms with Gasteiger partial charge in [-0.3, -0.25) is 0 Å². The molecule has 156 valence electrons. The second-order valence-corrected chi connectivity index (χ2v) is 6.60. The van der Waals surface area contributed by atoms with E-state index < -0.39 is 6.10 Å². The summed E-state index contributed by atoms with van der Waals surface area (Å²) in [4.78, 5) is 8.77. The Morgan fingerprint density at radius 1 is 1.07 bits per heavy atom. The smallest absolute Gasteiger partial charge is 0.258 e. The largest absolute Gasteiger partial charge is 0.490 e. The lowest BCUT2D eigenvalue weighted by Crippen LogP contribution is -2.26. The average Bonchev–Trinajstić information content (AvgIpc) is 3.16. The van der Waals surface area contributed by atoms with Crippen LogP contribution in [0.4, 0.5) is 0 Å². The number of aliphatic hydroxyl groups excluding tert-OH is 1. The number of aromatic nitrogens is 3. The van der Waals surface area contributed by atoms with Gasteiger partial charge >= 0.3 is 0 Å². The number of pyridine rings is 1. The fourth-order valence-electron chi connectivity index (χ4n) is 2.88. The Balaban J connectivity index is 0.00000300. The van der Waals surface area contributed by atoms with Crippen molar-refractivity contribution in [3.8, 4) is 34.5 Å². The van der Waals surface area contributed by atoms with E-state index in [0.29, 0.717) is 17.6 Å². The van der Waals surface area contributed by atoms with Gasteiger partial charge in [0.2, 0.25) is 11.7 Å². The summed E-state index contributed by atoms with van der Waals surface area (Å²) in [6.45, 7) is 6.03. The van der Waals surface area contributed by atoms with Crippen LogP contribution in [0.1, 0.15) is 24.2 Å². The normalized spacial score (nSPS) is 11.7. The van der Waals surface area contributed by atoms with Crippen molar-refractivity contribution in [2.24, 2.45) is 5.73 Å². The zero-order valence-electron chi connectivity index (χ0n) is 16.4. The predicted molar refractivity (Wildman–Crippen MR) is 111 cm³/mol. The minimum atomic E-state index is -0.695. The lowest BCUT2D eigenvalue weighted by molar-refractivity contribution is 0.113. The molecule has 0 aliphatic rings. The number of aryl methyl sites for hydroxylation is 3. The molecule has 2 heterocycles. The van der Waals surface area contributed by atoms with E-state index in [4.69, 9.17) is 19.7 Å². The van der Waals surface area contributed by atoms with Crippen molar-refractivity contribution >= 4 is 0 Å². The van der Waals surface area contributed by atoms with E-state index >= 15 is 0 Å². The first kappa shape index (κ1) is 22.3. The van der Waals surface area contributed by atoms with E-state index in [9.17, 15) is 5.11 Å². The monoisotopic (exact) mass is 400 g/mol. The van der Waals surface area contributed by atoms with Gasteiger partial charge in [0.05, 0.1) is 7.11 Å². The molecule has 0 bridgehead atoms. The van der Waals surface area contributed by atoms with Crippen LogP contribution < -0.4 is 15.2 Å². The van der Waals surface area contributed by atoms with Gasteiger partial charge in [-0.05, 0) is 50.1 Å². The Morgan fingerprint density at radius 3 is 2.38 bits per heavy atom. The molecule has 3 N–H and O–H groups in total. The van der Waals surface area contributed by atoms with Gasteiger partial charge < -0.3 is 24.8 Å². The summed E-state index contributed by atoms with van der Waals surface area (Å²) in [5.41, 5.74) is 9.59. The van der Waals surface area contributed by atoms with E-state index in [-0.39, 0.29) is 20.6 Å². The summed E-state index contributed by atoms with van der Waals surface area (Å²) >= 11 is 0. The molecule has 0 saturated heterocycles. The highest BCUT2D eigenvalue weighted by atomic mass is 16.5. The number of nitrogens with two attached hydrogens (primary N) is 1. The Morgan fingerprint density at radius 2 is 1.76 bits per heavy atom. The van der Waals surface area contributed by atoms with Crippen LogP contribution in [0.15, 0.2) is 28.8 Å². The Hall–Kier alpha value is -2.97. The molecular formula is C21H28N4O4. The van der Waals surface area contributed by atoms with Crippen LogP contribution in [-0.4, -0.2) is 46.6 Å². The van der Waals surface area contributed by atoms with Crippen molar-refractivity contribution in [3.05, 3.63) is 41.1 Å². The van der Waals surface area contributed by atoms with Gasteiger partial charge in [0.25, 0.3) is 5.89 Å². The van der Waals surface area contributed by atoms with Crippen LogP contribution in [0.5, 0.6) is 11.6 Å². The maximum Gasteiger partial charge on any atom is 0.258 e. The number of nitrogens with zero attached hydrogens (tertiary/aromatic N) is 3. The Kier molecular flexibility index (Phi) is 7.30. The molecule has 2 aromatic heterocycles. The van der Waals surface area contributed by atoms with Crippen LogP contribution in [0.25, 0.3) is 22.8 Å². The molecule has 1 aromatic carbocycles. The van der Waals surface area contributed by atoms with Gasteiger partial charge in [-0.1, -0.05) is 12.6 Å². The molecule has 3 aromatic rings. The predicted octanol–water partition coefficient (Wildman–Crippen LogP) is 3.07. The quantitative estimate of drug-likeness (QED) is 0.621. The van der Waals surface area contributed by atoms with Crippen LogP contribution in [0.2, 0.25) is 0 Å². The number of benzene rings is 1. The summed E-state index contributed by atoms with van der Waals surface area (Å²) in [6, 6.07) is 7.45. The van der Waals surface area contributed by atoms with E-state index in [1.54, 1.807) is 13.2 Å². The second-order valence-electron chi connectivity index (χ2n) is 6.60. The zero-order valence-corrected chi connectivity index (χ0v) is 16.4. The highest BCUT2D eigenvalue weighted by Gasteiger charge is 2.16. The van der Waals surface area contributed by atoms with Crippen molar-refractivity contribution in [2.45, 2.75) is 34.3 Å². The second kappa shape index (κ2) is 9.49. The molecule has 0 aliphatic heterocycles. The van der Waals surface area contributed by atoms with Crippen molar-refractivity contribution < 1.29 is 19.1 Å². The van der Waals surface area contributed by atoms with Gasteiger partial charge in [-0.25, -0.2) is 4.98 Å². The summed E-state index contributed by atoms with van der Waals surface area (Å²) in [7, 11) is 1.56. The van der Waals surface area contributed by atoms with Gasteiger partial charge in [0, 0.05) is 29.4 Å². The van der Waals surface area contributed by atoms with E-state index in [0.717, 1.165) is 33.7 Å². The van der Waals surface area contributed by atoms with Gasteiger partial charge in [0.15, 0.2) is 0 Å². The molecule has 0 aliphatic carbocycles. The lowest BCUT2D eigenvalue weighted by atomic mass is 10.1. The third-order valence-electron chi connectivity index (χ3n) is 4.22. The average molecular weight is 400 g/mol. The number of hydrogen-bond donors (Lipinski definition) is 2. The topological polar surface area (TPSA) is 117 Å². The standard InChI is InChI=1S/C20H24N4O4.CH4/c1-11-5-14(6-12(2)18(11)27-10-16(25)9-21)19-23-20(28-24-19)15-7-13(3)22-17(8-15)26-4;/h5-8,16,25H,9-10,21H2,1-4H3;1H4. The highest BCUT2D eigenvalue weighted by Crippen LogP contribution is 2.30. The fraction of sp³-hybridized carbons (Fsp3) is 0.381. The zero-order chi connectivity index (χ0) is 20.3. The minimum absolute atomic E-state index is 0.